The van der Waals surface area contributed by atoms with Crippen molar-refractivity contribution in [3.8, 4) is 11.4 Å². The van der Waals surface area contributed by atoms with Gasteiger partial charge in [0, 0.05) is 23.8 Å². The average molecular weight is 385 g/mol. The Labute approximate surface area is 150 Å². The molecular formula is C16H14F3N3O3S. The molecule has 1 amide bonds. The summed E-state index contributed by atoms with van der Waals surface area (Å²) in [7, 11) is 0. The van der Waals surface area contributed by atoms with E-state index in [4.69, 9.17) is 8.94 Å². The highest BCUT2D eigenvalue weighted by atomic mass is 32.1. The molecule has 0 spiro atoms. The second kappa shape index (κ2) is 7.73. The van der Waals surface area contributed by atoms with Crippen molar-refractivity contribution in [3.05, 3.63) is 46.9 Å². The molecule has 3 aromatic heterocycles. The molecule has 0 radical (unpaired) electrons. The molecule has 0 saturated heterocycles. The van der Waals surface area contributed by atoms with Crippen molar-refractivity contribution in [2.24, 2.45) is 0 Å². The Balaban J connectivity index is 1.61. The monoisotopic (exact) mass is 385 g/mol. The lowest BCUT2D eigenvalue weighted by Crippen LogP contribution is -2.38. The molecule has 0 aromatic carbocycles. The molecule has 26 heavy (non-hydrogen) atoms. The van der Waals surface area contributed by atoms with E-state index in [0.29, 0.717) is 10.7 Å². The van der Waals surface area contributed by atoms with Gasteiger partial charge in [-0.05, 0) is 23.6 Å². The van der Waals surface area contributed by atoms with Crippen LogP contribution in [0.25, 0.3) is 11.4 Å². The molecule has 6 nitrogen and oxygen atoms in total. The van der Waals surface area contributed by atoms with Crippen molar-refractivity contribution in [2.75, 3.05) is 6.54 Å². The number of halogens is 3. The Morgan fingerprint density at radius 2 is 2.15 bits per heavy atom. The number of rotatable bonds is 7. The van der Waals surface area contributed by atoms with Gasteiger partial charge in [0.15, 0.2) is 0 Å². The van der Waals surface area contributed by atoms with Crippen molar-refractivity contribution >= 4 is 17.2 Å². The van der Waals surface area contributed by atoms with Crippen LogP contribution in [0, 0.1) is 0 Å². The Kier molecular flexibility index (Phi) is 5.40. The minimum absolute atomic E-state index is 0.0580. The van der Waals surface area contributed by atoms with E-state index in [2.05, 4.69) is 10.1 Å². The topological polar surface area (TPSA) is 72.4 Å². The highest BCUT2D eigenvalue weighted by Gasteiger charge is 2.33. The second-order valence-electron chi connectivity index (χ2n) is 5.47. The van der Waals surface area contributed by atoms with Gasteiger partial charge in [0.2, 0.25) is 17.6 Å². The van der Waals surface area contributed by atoms with E-state index >= 15 is 0 Å². The number of carbonyl (C=O) groups is 1. The summed E-state index contributed by atoms with van der Waals surface area (Å²) in [5, 5.41) is 7.50. The summed E-state index contributed by atoms with van der Waals surface area (Å²) < 4.78 is 48.4. The minimum atomic E-state index is -4.50. The molecular weight excluding hydrogens is 371 g/mol. The lowest BCUT2D eigenvalue weighted by atomic mass is 10.2. The van der Waals surface area contributed by atoms with Crippen LogP contribution in [0.5, 0.6) is 0 Å². The summed E-state index contributed by atoms with van der Waals surface area (Å²) in [6, 6.07) is 4.89. The highest BCUT2D eigenvalue weighted by Crippen LogP contribution is 2.21. The first-order valence-corrected chi connectivity index (χ1v) is 8.57. The summed E-state index contributed by atoms with van der Waals surface area (Å²) in [5.74, 6) is 0.190. The van der Waals surface area contributed by atoms with Gasteiger partial charge in [-0.3, -0.25) is 4.79 Å². The maximum atomic E-state index is 12.8. The van der Waals surface area contributed by atoms with Crippen molar-refractivity contribution < 1.29 is 26.9 Å². The van der Waals surface area contributed by atoms with Crippen LogP contribution in [-0.4, -0.2) is 33.7 Å². The smallest absolute Gasteiger partial charge is 0.406 e. The van der Waals surface area contributed by atoms with Gasteiger partial charge >= 0.3 is 6.18 Å². The molecule has 0 bridgehead atoms. The Hall–Kier alpha value is -2.62. The van der Waals surface area contributed by atoms with E-state index in [-0.39, 0.29) is 31.0 Å². The van der Waals surface area contributed by atoms with E-state index in [9.17, 15) is 18.0 Å². The maximum absolute atomic E-state index is 12.8. The fourth-order valence-electron chi connectivity index (χ4n) is 2.28. The standard InChI is InChI=1S/C16H14F3N3O3S/c17-16(18,19)10-22(8-12-2-1-6-24-12)14(23)4-3-13-20-15(21-25-13)11-5-7-26-9-11/h1-2,5-7,9H,3-4,8,10H2. The molecule has 0 aliphatic heterocycles. The Morgan fingerprint density at radius 3 is 2.81 bits per heavy atom. The number of aromatic nitrogens is 2. The number of thiophene rings is 1. The SMILES string of the molecule is O=C(CCc1nc(-c2ccsc2)no1)N(Cc1ccco1)CC(F)(F)F. The average Bonchev–Trinajstić information content (AvgIpc) is 3.31. The van der Waals surface area contributed by atoms with Gasteiger partial charge in [-0.2, -0.15) is 29.5 Å². The largest absolute Gasteiger partial charge is 0.467 e. The summed E-state index contributed by atoms with van der Waals surface area (Å²) in [6.07, 6.45) is -3.28. The zero-order valence-corrected chi connectivity index (χ0v) is 14.2. The molecule has 3 aromatic rings. The van der Waals surface area contributed by atoms with Crippen LogP contribution in [-0.2, 0) is 17.8 Å². The molecule has 138 valence electrons. The molecule has 0 atom stereocenters. The van der Waals surface area contributed by atoms with E-state index in [1.165, 1.54) is 23.7 Å². The molecule has 0 N–H and O–H groups in total. The number of hydrogen-bond donors (Lipinski definition) is 0. The van der Waals surface area contributed by atoms with Gasteiger partial charge in [0.25, 0.3) is 0 Å². The third-order valence-electron chi connectivity index (χ3n) is 3.45. The molecule has 0 fully saturated rings. The zero-order valence-electron chi connectivity index (χ0n) is 13.4. The summed E-state index contributed by atoms with van der Waals surface area (Å²) in [6.45, 7) is -1.61. The Morgan fingerprint density at radius 1 is 1.31 bits per heavy atom. The normalized spacial score (nSPS) is 11.7. The maximum Gasteiger partial charge on any atom is 0.406 e. The third kappa shape index (κ3) is 4.94. The molecule has 3 rings (SSSR count). The molecule has 0 aliphatic carbocycles. The molecule has 0 unspecified atom stereocenters. The van der Waals surface area contributed by atoms with Crippen LogP contribution in [0.3, 0.4) is 0 Å². The van der Waals surface area contributed by atoms with E-state index in [1.54, 1.807) is 6.07 Å². The highest BCUT2D eigenvalue weighted by molar-refractivity contribution is 7.08. The summed E-state index contributed by atoms with van der Waals surface area (Å²) in [5.41, 5.74) is 0.785. The zero-order chi connectivity index (χ0) is 18.6. The lowest BCUT2D eigenvalue weighted by Gasteiger charge is -2.22. The molecule has 0 aliphatic rings. The molecule has 3 heterocycles. The quantitative estimate of drug-likeness (QED) is 0.617. The van der Waals surface area contributed by atoms with Crippen molar-refractivity contribution in [1.82, 2.24) is 15.0 Å². The summed E-state index contributed by atoms with van der Waals surface area (Å²) >= 11 is 1.47. The minimum Gasteiger partial charge on any atom is -0.467 e. The van der Waals surface area contributed by atoms with Gasteiger partial charge in [-0.1, -0.05) is 5.16 Å². The number of amides is 1. The lowest BCUT2D eigenvalue weighted by molar-refractivity contribution is -0.162. The second-order valence-corrected chi connectivity index (χ2v) is 6.25. The van der Waals surface area contributed by atoms with Gasteiger partial charge < -0.3 is 13.8 Å². The van der Waals surface area contributed by atoms with E-state index in [0.717, 1.165) is 5.56 Å². The van der Waals surface area contributed by atoms with Crippen molar-refractivity contribution in [2.45, 2.75) is 25.6 Å². The van der Waals surface area contributed by atoms with Crippen molar-refractivity contribution in [3.63, 3.8) is 0 Å². The van der Waals surface area contributed by atoms with Gasteiger partial charge in [0.1, 0.15) is 12.3 Å². The van der Waals surface area contributed by atoms with Crippen LogP contribution in [0.15, 0.2) is 44.2 Å². The number of nitrogens with zero attached hydrogens (tertiary/aromatic N) is 3. The molecule has 10 heteroatoms. The van der Waals surface area contributed by atoms with E-state index in [1.807, 2.05) is 16.8 Å². The number of alkyl halides is 3. The van der Waals surface area contributed by atoms with Crippen LogP contribution in [0.4, 0.5) is 13.2 Å². The Bertz CT molecular complexity index is 829. The number of carbonyl (C=O) groups excluding carboxylic acids is 1. The van der Waals surface area contributed by atoms with Crippen LogP contribution in [0.1, 0.15) is 18.1 Å². The number of aryl methyl sites for hydroxylation is 1. The first kappa shape index (κ1) is 18.2. The fourth-order valence-corrected chi connectivity index (χ4v) is 2.91. The third-order valence-corrected chi connectivity index (χ3v) is 4.13. The summed E-state index contributed by atoms with van der Waals surface area (Å²) in [4.78, 5) is 17.1. The predicted octanol–water partition coefficient (Wildman–Crippen LogP) is 3.91. The van der Waals surface area contributed by atoms with Gasteiger partial charge in [-0.15, -0.1) is 0 Å². The first-order valence-electron chi connectivity index (χ1n) is 7.63. The van der Waals surface area contributed by atoms with Gasteiger partial charge in [-0.25, -0.2) is 0 Å². The van der Waals surface area contributed by atoms with Crippen LogP contribution < -0.4 is 0 Å². The van der Waals surface area contributed by atoms with E-state index < -0.39 is 18.6 Å². The number of hydrogen-bond acceptors (Lipinski definition) is 6. The van der Waals surface area contributed by atoms with Crippen LogP contribution in [0.2, 0.25) is 0 Å². The number of furan rings is 1. The van der Waals surface area contributed by atoms with Crippen LogP contribution >= 0.6 is 11.3 Å². The predicted molar refractivity (Wildman–Crippen MR) is 86.1 cm³/mol. The molecule has 0 saturated carbocycles. The van der Waals surface area contributed by atoms with Gasteiger partial charge in [0.05, 0.1) is 12.8 Å². The first-order chi connectivity index (χ1) is 12.4. The van der Waals surface area contributed by atoms with Crippen molar-refractivity contribution in [1.29, 1.82) is 0 Å². The fraction of sp³-hybridized carbons (Fsp3) is 0.312.